The van der Waals surface area contributed by atoms with Crippen molar-refractivity contribution >= 4 is 17.7 Å². The number of hydrogen-bond acceptors (Lipinski definition) is 5. The maximum atomic E-state index is 12.5. The molecule has 0 spiro atoms. The van der Waals surface area contributed by atoms with Crippen LogP contribution in [0.25, 0.3) is 17.2 Å². The van der Waals surface area contributed by atoms with Crippen LogP contribution in [-0.2, 0) is 16.1 Å². The number of nitrogens with zero attached hydrogens (tertiary/aromatic N) is 4. The van der Waals surface area contributed by atoms with Crippen molar-refractivity contribution in [1.29, 1.82) is 0 Å². The highest BCUT2D eigenvalue weighted by molar-refractivity contribution is 6.02. The molecule has 1 saturated carbocycles. The molecule has 1 aliphatic heterocycles. The van der Waals surface area contributed by atoms with Gasteiger partial charge in [0.15, 0.2) is 0 Å². The number of rotatable bonds is 7. The molecule has 0 bridgehead atoms. The lowest BCUT2D eigenvalue weighted by atomic mass is 9.93. The predicted molar refractivity (Wildman–Crippen MR) is 129 cm³/mol. The lowest BCUT2D eigenvalue weighted by Gasteiger charge is -2.26. The molecule has 0 unspecified atom stereocenters. The Kier molecular flexibility index (Phi) is 6.60. The summed E-state index contributed by atoms with van der Waals surface area (Å²) in [6.07, 6.45) is 14.6. The highest BCUT2D eigenvalue weighted by Crippen LogP contribution is 2.32. The Balaban J connectivity index is 1.21. The average molecular weight is 444 g/mol. The summed E-state index contributed by atoms with van der Waals surface area (Å²) in [6.45, 7) is 4.41. The zero-order valence-corrected chi connectivity index (χ0v) is 18.7. The molecule has 5 rings (SSSR count). The number of benzene rings is 1. The minimum absolute atomic E-state index is 0.170. The standard InChI is InChI=1S/C26H29N5O2/c32-26(29-23-7-4-20(5-8-23)18-30-12-14-33-15-13-30)9-6-21-16-27-11-10-25(21)22-17-28-31(19-22)24-2-1-3-24/h4-11,16-17,19,24H,1-3,12-15,18H2,(H,29,32). The Labute approximate surface area is 194 Å². The fourth-order valence-corrected chi connectivity index (χ4v) is 4.19. The highest BCUT2D eigenvalue weighted by atomic mass is 16.5. The number of morpholine rings is 1. The number of ether oxygens (including phenoxy) is 1. The van der Waals surface area contributed by atoms with Gasteiger partial charge >= 0.3 is 0 Å². The van der Waals surface area contributed by atoms with Crippen molar-refractivity contribution in [1.82, 2.24) is 19.7 Å². The van der Waals surface area contributed by atoms with E-state index in [9.17, 15) is 4.79 Å². The lowest BCUT2D eigenvalue weighted by molar-refractivity contribution is -0.111. The molecule has 170 valence electrons. The molecule has 2 aromatic heterocycles. The molecule has 3 aromatic rings. The quantitative estimate of drug-likeness (QED) is 0.556. The molecule has 1 saturated heterocycles. The number of carbonyl (C=O) groups excluding carboxylic acids is 1. The van der Waals surface area contributed by atoms with Crippen LogP contribution >= 0.6 is 0 Å². The number of amides is 1. The van der Waals surface area contributed by atoms with Gasteiger partial charge in [-0.3, -0.25) is 19.4 Å². The largest absolute Gasteiger partial charge is 0.379 e. The Hall–Kier alpha value is -3.29. The first-order valence-corrected chi connectivity index (χ1v) is 11.6. The van der Waals surface area contributed by atoms with Crippen LogP contribution in [0.5, 0.6) is 0 Å². The van der Waals surface area contributed by atoms with Crippen LogP contribution in [0.4, 0.5) is 5.69 Å². The molecule has 1 amide bonds. The molecule has 1 aliphatic carbocycles. The van der Waals surface area contributed by atoms with Gasteiger partial charge in [0.25, 0.3) is 0 Å². The number of carbonyl (C=O) groups is 1. The summed E-state index contributed by atoms with van der Waals surface area (Å²) < 4.78 is 7.46. The van der Waals surface area contributed by atoms with Crippen LogP contribution in [0.2, 0.25) is 0 Å². The van der Waals surface area contributed by atoms with Gasteiger partial charge in [-0.05, 0) is 54.7 Å². The second-order valence-corrected chi connectivity index (χ2v) is 8.66. The smallest absolute Gasteiger partial charge is 0.248 e. The molecule has 1 aromatic carbocycles. The molecule has 7 nitrogen and oxygen atoms in total. The van der Waals surface area contributed by atoms with Crippen LogP contribution in [0.15, 0.2) is 61.2 Å². The van der Waals surface area contributed by atoms with Crippen LogP contribution in [0.3, 0.4) is 0 Å². The van der Waals surface area contributed by atoms with E-state index in [2.05, 4.69) is 43.3 Å². The van der Waals surface area contributed by atoms with E-state index >= 15 is 0 Å². The molecule has 0 radical (unpaired) electrons. The van der Waals surface area contributed by atoms with E-state index in [1.807, 2.05) is 30.5 Å². The normalized spacial score (nSPS) is 17.2. The maximum absolute atomic E-state index is 12.5. The Morgan fingerprint density at radius 3 is 2.70 bits per heavy atom. The van der Waals surface area contributed by atoms with Gasteiger partial charge in [-0.1, -0.05) is 12.1 Å². The minimum Gasteiger partial charge on any atom is -0.379 e. The van der Waals surface area contributed by atoms with Crippen LogP contribution in [-0.4, -0.2) is 51.9 Å². The molecule has 1 N–H and O–H groups in total. The highest BCUT2D eigenvalue weighted by Gasteiger charge is 2.20. The predicted octanol–water partition coefficient (Wildman–Crippen LogP) is 4.15. The average Bonchev–Trinajstić information content (AvgIpc) is 3.28. The fourth-order valence-electron chi connectivity index (χ4n) is 4.19. The third-order valence-corrected chi connectivity index (χ3v) is 6.36. The van der Waals surface area contributed by atoms with E-state index in [1.54, 1.807) is 18.5 Å². The van der Waals surface area contributed by atoms with Crippen LogP contribution < -0.4 is 5.32 Å². The van der Waals surface area contributed by atoms with Crippen molar-refractivity contribution in [2.75, 3.05) is 31.6 Å². The Morgan fingerprint density at radius 1 is 1.12 bits per heavy atom. The molecular formula is C26H29N5O2. The molecule has 3 heterocycles. The van der Waals surface area contributed by atoms with Crippen molar-refractivity contribution in [3.63, 3.8) is 0 Å². The van der Waals surface area contributed by atoms with Gasteiger partial charge in [-0.15, -0.1) is 0 Å². The third kappa shape index (κ3) is 5.38. The fraction of sp³-hybridized carbons (Fsp3) is 0.346. The van der Waals surface area contributed by atoms with Crippen LogP contribution in [0, 0.1) is 0 Å². The Morgan fingerprint density at radius 2 is 1.94 bits per heavy atom. The molecule has 33 heavy (non-hydrogen) atoms. The summed E-state index contributed by atoms with van der Waals surface area (Å²) in [5.74, 6) is -0.170. The minimum atomic E-state index is -0.170. The molecular weight excluding hydrogens is 414 g/mol. The van der Waals surface area contributed by atoms with Crippen molar-refractivity contribution in [2.45, 2.75) is 31.8 Å². The zero-order valence-electron chi connectivity index (χ0n) is 18.7. The van der Waals surface area contributed by atoms with E-state index in [0.717, 1.165) is 55.2 Å². The molecule has 7 heteroatoms. The van der Waals surface area contributed by atoms with Gasteiger partial charge in [0, 0.05) is 61.1 Å². The summed E-state index contributed by atoms with van der Waals surface area (Å²) in [6, 6.07) is 10.5. The van der Waals surface area contributed by atoms with E-state index in [0.29, 0.717) is 6.04 Å². The maximum Gasteiger partial charge on any atom is 0.248 e. The summed E-state index contributed by atoms with van der Waals surface area (Å²) in [5, 5.41) is 7.47. The first-order chi connectivity index (χ1) is 16.2. The second kappa shape index (κ2) is 10.1. The second-order valence-electron chi connectivity index (χ2n) is 8.66. The van der Waals surface area contributed by atoms with Crippen LogP contribution in [0.1, 0.15) is 36.4 Å². The summed E-state index contributed by atoms with van der Waals surface area (Å²) in [4.78, 5) is 19.1. The van der Waals surface area contributed by atoms with Gasteiger partial charge in [0.1, 0.15) is 0 Å². The number of nitrogens with one attached hydrogen (secondary N) is 1. The van der Waals surface area contributed by atoms with Gasteiger partial charge in [0.05, 0.1) is 25.5 Å². The first kappa shape index (κ1) is 21.6. The summed E-state index contributed by atoms with van der Waals surface area (Å²) >= 11 is 0. The molecule has 2 aliphatic rings. The molecule has 2 fully saturated rings. The van der Waals surface area contributed by atoms with Crippen molar-refractivity contribution in [3.8, 4) is 11.1 Å². The van der Waals surface area contributed by atoms with Gasteiger partial charge < -0.3 is 10.1 Å². The first-order valence-electron chi connectivity index (χ1n) is 11.6. The number of anilines is 1. The van der Waals surface area contributed by atoms with E-state index < -0.39 is 0 Å². The monoisotopic (exact) mass is 443 g/mol. The lowest BCUT2D eigenvalue weighted by Crippen LogP contribution is -2.35. The molecule has 0 atom stereocenters. The van der Waals surface area contributed by atoms with Gasteiger partial charge in [-0.25, -0.2) is 0 Å². The number of aromatic nitrogens is 3. The van der Waals surface area contributed by atoms with Crippen molar-refractivity contribution in [3.05, 3.63) is 72.3 Å². The van der Waals surface area contributed by atoms with Crippen molar-refractivity contribution < 1.29 is 9.53 Å². The number of pyridine rings is 1. The topological polar surface area (TPSA) is 72.3 Å². The van der Waals surface area contributed by atoms with Crippen molar-refractivity contribution in [2.24, 2.45) is 0 Å². The van der Waals surface area contributed by atoms with Gasteiger partial charge in [-0.2, -0.15) is 5.10 Å². The zero-order chi connectivity index (χ0) is 22.5. The van der Waals surface area contributed by atoms with E-state index in [4.69, 9.17) is 4.74 Å². The summed E-state index contributed by atoms with van der Waals surface area (Å²) in [5.41, 5.74) is 4.96. The number of hydrogen-bond donors (Lipinski definition) is 1. The van der Waals surface area contributed by atoms with Gasteiger partial charge in [0.2, 0.25) is 5.91 Å². The van der Waals surface area contributed by atoms with E-state index in [1.165, 1.54) is 24.8 Å². The Bertz CT molecular complexity index is 1110. The third-order valence-electron chi connectivity index (χ3n) is 6.36. The SMILES string of the molecule is O=C(C=Cc1cnccc1-c1cnn(C2CCC2)c1)Nc1ccc(CN2CCOCC2)cc1. The summed E-state index contributed by atoms with van der Waals surface area (Å²) in [7, 11) is 0. The van der Waals surface area contributed by atoms with E-state index in [-0.39, 0.29) is 5.91 Å².